The maximum atomic E-state index is 13.6. The average molecular weight is 522 g/mol. The molecule has 37 heavy (non-hydrogen) atoms. The van der Waals surface area contributed by atoms with Crippen LogP contribution in [0.3, 0.4) is 0 Å². The minimum atomic E-state index is -4.11. The number of hydrogen-bond acceptors (Lipinski definition) is 6. The number of ether oxygens (including phenoxy) is 1. The predicted molar refractivity (Wildman–Crippen MR) is 147 cm³/mol. The third-order valence-corrected chi connectivity index (χ3v) is 8.16. The number of carbonyl (C=O) groups excluding carboxylic acids is 2. The summed E-state index contributed by atoms with van der Waals surface area (Å²) in [4.78, 5) is 22.7. The van der Waals surface area contributed by atoms with E-state index in [0.717, 1.165) is 38.1 Å². The lowest BCUT2D eigenvalue weighted by Gasteiger charge is -2.20. The minimum absolute atomic E-state index is 0.0271. The van der Waals surface area contributed by atoms with Gasteiger partial charge in [-0.05, 0) is 73.4 Å². The highest BCUT2D eigenvalue weighted by Gasteiger charge is 2.26. The van der Waals surface area contributed by atoms with Crippen LogP contribution >= 0.6 is 0 Å². The lowest BCUT2D eigenvalue weighted by molar-refractivity contribution is -0.134. The van der Waals surface area contributed by atoms with Crippen LogP contribution in [0, 0.1) is 13.8 Å². The second-order valence-corrected chi connectivity index (χ2v) is 11.1. The molecule has 0 saturated heterocycles. The summed E-state index contributed by atoms with van der Waals surface area (Å²) >= 11 is 0. The molecule has 0 bridgehead atoms. The molecule has 4 rings (SSSR count). The van der Waals surface area contributed by atoms with Crippen LogP contribution in [0.4, 0.5) is 5.69 Å². The fraction of sp³-hybridized carbons (Fsp3) is 0.286. The number of rotatable bonds is 11. The molecular weight excluding hydrogens is 490 g/mol. The molecule has 1 amide bonds. The maximum absolute atomic E-state index is 13.6. The molecule has 4 aromatic carbocycles. The van der Waals surface area contributed by atoms with Crippen LogP contribution in [0.1, 0.15) is 37.3 Å². The third kappa shape index (κ3) is 5.10. The molecule has 4 N–H and O–H groups in total. The molecule has 0 aromatic heterocycles. The van der Waals surface area contributed by atoms with E-state index < -0.39 is 16.3 Å². The Morgan fingerprint density at radius 3 is 2.24 bits per heavy atom. The SMILES string of the molecule is C=C(C)C(=O)NCCCCC(NS(=O)(=O)c1cc(N)c2ccc3c(C)cc(C)c4ccc1c2c34)OC=O. The number of anilines is 1. The zero-order valence-electron chi connectivity index (χ0n) is 21.2. The Kier molecular flexibility index (Phi) is 7.38. The van der Waals surface area contributed by atoms with E-state index in [1.54, 1.807) is 13.0 Å². The molecule has 0 aliphatic rings. The van der Waals surface area contributed by atoms with Gasteiger partial charge in [-0.2, -0.15) is 4.72 Å². The van der Waals surface area contributed by atoms with Crippen molar-refractivity contribution in [1.29, 1.82) is 0 Å². The molecule has 1 unspecified atom stereocenters. The van der Waals surface area contributed by atoms with Crippen LogP contribution in [0.25, 0.3) is 32.3 Å². The molecule has 0 aliphatic carbocycles. The first-order chi connectivity index (χ1) is 17.5. The van der Waals surface area contributed by atoms with Gasteiger partial charge in [0.25, 0.3) is 6.47 Å². The van der Waals surface area contributed by atoms with Gasteiger partial charge < -0.3 is 15.8 Å². The van der Waals surface area contributed by atoms with Crippen LogP contribution in [-0.4, -0.2) is 33.6 Å². The Balaban J connectivity index is 1.67. The number of nitrogens with two attached hydrogens (primary N) is 1. The van der Waals surface area contributed by atoms with Gasteiger partial charge in [0.15, 0.2) is 6.23 Å². The quantitative estimate of drug-likeness (QED) is 0.0669. The highest BCUT2D eigenvalue weighted by molar-refractivity contribution is 7.89. The zero-order chi connectivity index (χ0) is 26.9. The van der Waals surface area contributed by atoms with Gasteiger partial charge in [-0.15, -0.1) is 0 Å². The van der Waals surface area contributed by atoms with Crippen molar-refractivity contribution >= 4 is 60.4 Å². The standard InChI is InChI=1S/C28H31N3O5S/c1-16(2)28(33)30-12-6-5-7-25(36-15-32)31-37(34,35)24-14-23(29)21-10-8-19-17(3)13-18(4)20-9-11-22(24)27(21)26(19)20/h8-11,13-15,25,31H,1,5-7,12,29H2,2-4H3,(H,30,33). The van der Waals surface area contributed by atoms with Crippen molar-refractivity contribution in [3.05, 3.63) is 59.7 Å². The van der Waals surface area contributed by atoms with Gasteiger partial charge in [0, 0.05) is 34.0 Å². The van der Waals surface area contributed by atoms with Gasteiger partial charge in [-0.3, -0.25) is 9.59 Å². The number of benzene rings is 4. The first-order valence-electron chi connectivity index (χ1n) is 12.1. The van der Waals surface area contributed by atoms with Crippen molar-refractivity contribution in [2.45, 2.75) is 51.2 Å². The number of nitrogens with one attached hydrogen (secondary N) is 2. The smallest absolute Gasteiger partial charge is 0.294 e. The second kappa shape index (κ2) is 10.4. The predicted octanol–water partition coefficient (Wildman–Crippen LogP) is 4.42. The summed E-state index contributed by atoms with van der Waals surface area (Å²) in [6.45, 7) is 9.89. The number of hydrogen-bond donors (Lipinski definition) is 3. The van der Waals surface area contributed by atoms with Crippen LogP contribution in [0.2, 0.25) is 0 Å². The Hall–Kier alpha value is -3.69. The Morgan fingerprint density at radius 2 is 1.62 bits per heavy atom. The van der Waals surface area contributed by atoms with E-state index in [4.69, 9.17) is 10.5 Å². The van der Waals surface area contributed by atoms with Gasteiger partial charge in [0.2, 0.25) is 15.9 Å². The summed E-state index contributed by atoms with van der Waals surface area (Å²) in [6, 6.07) is 11.3. The molecule has 0 radical (unpaired) electrons. The maximum Gasteiger partial charge on any atom is 0.294 e. The van der Waals surface area contributed by atoms with E-state index in [0.29, 0.717) is 36.0 Å². The molecule has 0 spiro atoms. The summed E-state index contributed by atoms with van der Waals surface area (Å²) in [5.41, 5.74) is 9.33. The Bertz CT molecular complexity index is 1610. The van der Waals surface area contributed by atoms with Crippen LogP contribution in [-0.2, 0) is 24.3 Å². The zero-order valence-corrected chi connectivity index (χ0v) is 22.0. The first-order valence-corrected chi connectivity index (χ1v) is 13.6. The Labute approximate surface area is 216 Å². The summed E-state index contributed by atoms with van der Waals surface area (Å²) in [7, 11) is -4.11. The lowest BCUT2D eigenvalue weighted by Crippen LogP contribution is -2.37. The molecular formula is C28H31N3O5S. The van der Waals surface area contributed by atoms with E-state index in [2.05, 4.69) is 22.7 Å². The van der Waals surface area contributed by atoms with Gasteiger partial charge in [-0.1, -0.05) is 36.9 Å². The third-order valence-electron chi connectivity index (χ3n) is 6.67. The van der Waals surface area contributed by atoms with Crippen LogP contribution in [0.5, 0.6) is 0 Å². The molecule has 194 valence electrons. The van der Waals surface area contributed by atoms with Crippen molar-refractivity contribution in [2.75, 3.05) is 12.3 Å². The molecule has 0 heterocycles. The van der Waals surface area contributed by atoms with Crippen molar-refractivity contribution in [3.63, 3.8) is 0 Å². The van der Waals surface area contributed by atoms with E-state index in [9.17, 15) is 18.0 Å². The van der Waals surface area contributed by atoms with Crippen molar-refractivity contribution in [2.24, 2.45) is 0 Å². The topological polar surface area (TPSA) is 128 Å². The van der Waals surface area contributed by atoms with Gasteiger partial charge in [0.05, 0.1) is 4.90 Å². The summed E-state index contributed by atoms with van der Waals surface area (Å²) in [6.07, 6.45) is 0.254. The fourth-order valence-electron chi connectivity index (χ4n) is 4.86. The largest absolute Gasteiger partial charge is 0.448 e. The highest BCUT2D eigenvalue weighted by atomic mass is 32.2. The fourth-order valence-corrected chi connectivity index (χ4v) is 6.25. The summed E-state index contributed by atoms with van der Waals surface area (Å²) in [5.74, 6) is -0.238. The van der Waals surface area contributed by atoms with Crippen molar-refractivity contribution in [1.82, 2.24) is 10.0 Å². The van der Waals surface area contributed by atoms with E-state index in [-0.39, 0.29) is 23.7 Å². The highest BCUT2D eigenvalue weighted by Crippen LogP contribution is 2.41. The lowest BCUT2D eigenvalue weighted by atomic mass is 9.89. The van der Waals surface area contributed by atoms with Gasteiger partial charge in [-0.25, -0.2) is 8.42 Å². The number of amides is 1. The van der Waals surface area contributed by atoms with E-state index in [1.165, 1.54) is 6.07 Å². The van der Waals surface area contributed by atoms with Crippen molar-refractivity contribution in [3.8, 4) is 0 Å². The van der Waals surface area contributed by atoms with E-state index in [1.807, 2.05) is 32.0 Å². The Morgan fingerprint density at radius 1 is 1.03 bits per heavy atom. The molecule has 1 atom stereocenters. The minimum Gasteiger partial charge on any atom is -0.448 e. The van der Waals surface area contributed by atoms with Crippen LogP contribution < -0.4 is 15.8 Å². The van der Waals surface area contributed by atoms with Crippen molar-refractivity contribution < 1.29 is 22.7 Å². The molecule has 0 fully saturated rings. The molecule has 4 aromatic rings. The number of aryl methyl sites for hydroxylation is 2. The van der Waals surface area contributed by atoms with Gasteiger partial charge in [0.1, 0.15) is 0 Å². The second-order valence-electron chi connectivity index (χ2n) is 9.42. The number of carbonyl (C=O) groups is 2. The number of nitrogen functional groups attached to an aromatic ring is 1. The number of unbranched alkanes of at least 4 members (excludes halogenated alkanes) is 1. The first kappa shape index (κ1) is 26.4. The van der Waals surface area contributed by atoms with Crippen LogP contribution in [0.15, 0.2) is 53.4 Å². The monoisotopic (exact) mass is 521 g/mol. The van der Waals surface area contributed by atoms with E-state index >= 15 is 0 Å². The number of sulfonamides is 1. The molecule has 0 aliphatic heterocycles. The molecule has 8 nitrogen and oxygen atoms in total. The normalized spacial score (nSPS) is 12.7. The molecule has 9 heteroatoms. The average Bonchev–Trinajstić information content (AvgIpc) is 2.84. The summed E-state index contributed by atoms with van der Waals surface area (Å²) in [5, 5.41) is 7.92. The molecule has 0 saturated carbocycles. The van der Waals surface area contributed by atoms with Gasteiger partial charge >= 0.3 is 0 Å². The summed E-state index contributed by atoms with van der Waals surface area (Å²) < 4.78 is 34.7.